The summed E-state index contributed by atoms with van der Waals surface area (Å²) in [7, 11) is 0. The molecule has 0 unspecified atom stereocenters. The molecular formula is C19H21N3O2. The Hall–Kier alpha value is -2.24. The Kier molecular flexibility index (Phi) is 4.04. The second-order valence-electron chi connectivity index (χ2n) is 6.64. The molecule has 1 amide bonds. The second kappa shape index (κ2) is 6.34. The van der Waals surface area contributed by atoms with Crippen molar-refractivity contribution in [2.24, 2.45) is 5.92 Å². The van der Waals surface area contributed by atoms with Crippen LogP contribution in [0.15, 0.2) is 54.7 Å². The molecule has 2 saturated heterocycles. The van der Waals surface area contributed by atoms with E-state index in [0.717, 1.165) is 30.9 Å². The summed E-state index contributed by atoms with van der Waals surface area (Å²) in [6.45, 7) is 2.85. The Balaban J connectivity index is 1.48. The topological polar surface area (TPSA) is 56.7 Å². The van der Waals surface area contributed by atoms with Crippen LogP contribution in [0.1, 0.15) is 11.3 Å². The predicted molar refractivity (Wildman–Crippen MR) is 89.8 cm³/mol. The van der Waals surface area contributed by atoms with Crippen LogP contribution in [0.2, 0.25) is 0 Å². The second-order valence-corrected chi connectivity index (χ2v) is 6.64. The van der Waals surface area contributed by atoms with Crippen LogP contribution in [0.5, 0.6) is 0 Å². The van der Waals surface area contributed by atoms with E-state index in [2.05, 4.69) is 9.88 Å². The lowest BCUT2D eigenvalue weighted by Gasteiger charge is -2.25. The summed E-state index contributed by atoms with van der Waals surface area (Å²) in [5.74, 6) is -0.142. The van der Waals surface area contributed by atoms with Gasteiger partial charge in [-0.15, -0.1) is 0 Å². The van der Waals surface area contributed by atoms with Crippen LogP contribution < -0.4 is 0 Å². The van der Waals surface area contributed by atoms with Crippen molar-refractivity contribution in [2.75, 3.05) is 13.1 Å². The maximum absolute atomic E-state index is 12.4. The molecule has 3 heterocycles. The first-order valence-corrected chi connectivity index (χ1v) is 8.37. The van der Waals surface area contributed by atoms with E-state index in [1.54, 1.807) is 6.20 Å². The van der Waals surface area contributed by atoms with Crippen molar-refractivity contribution in [2.45, 2.75) is 25.2 Å². The highest BCUT2D eigenvalue weighted by Crippen LogP contribution is 2.34. The molecule has 2 aliphatic heterocycles. The molecule has 0 bridgehead atoms. The van der Waals surface area contributed by atoms with Gasteiger partial charge >= 0.3 is 0 Å². The standard InChI is InChI=1S/C19H21N3O2/c23-18-16-12-21(11-15-8-4-5-9-20-15)13-17(16)22(19(18)24)10-14-6-2-1-3-7-14/h1-9,16-18,23H,10-13H2/t16-,17+,18-/m0/s1. The first kappa shape index (κ1) is 15.3. The van der Waals surface area contributed by atoms with E-state index in [1.165, 1.54) is 0 Å². The number of hydrogen-bond acceptors (Lipinski definition) is 4. The van der Waals surface area contributed by atoms with Gasteiger partial charge in [0.1, 0.15) is 6.10 Å². The summed E-state index contributed by atoms with van der Waals surface area (Å²) < 4.78 is 0. The van der Waals surface area contributed by atoms with Gasteiger partial charge in [-0.05, 0) is 17.7 Å². The number of nitrogens with zero attached hydrogens (tertiary/aromatic N) is 3. The number of amides is 1. The third-order valence-electron chi connectivity index (χ3n) is 5.06. The SMILES string of the molecule is O=C1[C@@H](O)[C@H]2CN(Cc3ccccn3)C[C@H]2N1Cc1ccccc1. The zero-order valence-electron chi connectivity index (χ0n) is 13.5. The Labute approximate surface area is 141 Å². The molecule has 0 saturated carbocycles. The Morgan fingerprint density at radius 3 is 2.58 bits per heavy atom. The number of aliphatic hydroxyl groups is 1. The molecule has 2 fully saturated rings. The van der Waals surface area contributed by atoms with Crippen LogP contribution in [0.4, 0.5) is 0 Å². The van der Waals surface area contributed by atoms with Gasteiger partial charge in [0.05, 0.1) is 11.7 Å². The molecule has 4 rings (SSSR count). The third-order valence-corrected chi connectivity index (χ3v) is 5.06. The molecule has 3 atom stereocenters. The van der Waals surface area contributed by atoms with Crippen molar-refractivity contribution >= 4 is 5.91 Å². The van der Waals surface area contributed by atoms with Gasteiger partial charge in [0.2, 0.25) is 0 Å². The van der Waals surface area contributed by atoms with E-state index < -0.39 is 6.10 Å². The minimum atomic E-state index is -0.882. The Bertz CT molecular complexity index is 707. The fraction of sp³-hybridized carbons (Fsp3) is 0.368. The lowest BCUT2D eigenvalue weighted by molar-refractivity contribution is -0.136. The number of pyridine rings is 1. The number of aromatic nitrogens is 1. The molecule has 1 N–H and O–H groups in total. The van der Waals surface area contributed by atoms with Crippen molar-refractivity contribution in [3.8, 4) is 0 Å². The highest BCUT2D eigenvalue weighted by molar-refractivity contribution is 5.84. The summed E-state index contributed by atoms with van der Waals surface area (Å²) >= 11 is 0. The van der Waals surface area contributed by atoms with E-state index in [0.29, 0.717) is 6.54 Å². The monoisotopic (exact) mass is 323 g/mol. The summed E-state index contributed by atoms with van der Waals surface area (Å²) in [5, 5.41) is 10.4. The molecule has 2 aromatic rings. The molecule has 2 aliphatic rings. The van der Waals surface area contributed by atoms with Crippen LogP contribution in [0.3, 0.4) is 0 Å². The zero-order valence-corrected chi connectivity index (χ0v) is 13.5. The lowest BCUT2D eigenvalue weighted by atomic mass is 10.0. The Morgan fingerprint density at radius 2 is 1.83 bits per heavy atom. The van der Waals surface area contributed by atoms with E-state index >= 15 is 0 Å². The van der Waals surface area contributed by atoms with Crippen molar-refractivity contribution < 1.29 is 9.90 Å². The molecule has 0 spiro atoms. The number of rotatable bonds is 4. The van der Waals surface area contributed by atoms with E-state index in [4.69, 9.17) is 0 Å². The van der Waals surface area contributed by atoms with Crippen LogP contribution >= 0.6 is 0 Å². The fourth-order valence-electron chi connectivity index (χ4n) is 3.88. The average Bonchev–Trinajstić information content (AvgIpc) is 3.11. The lowest BCUT2D eigenvalue weighted by Crippen LogP contribution is -2.38. The summed E-state index contributed by atoms with van der Waals surface area (Å²) in [5.41, 5.74) is 2.12. The first-order chi connectivity index (χ1) is 11.7. The van der Waals surface area contributed by atoms with E-state index in [9.17, 15) is 9.90 Å². The number of fused-ring (bicyclic) bond motifs is 1. The number of hydrogen-bond donors (Lipinski definition) is 1. The molecule has 24 heavy (non-hydrogen) atoms. The van der Waals surface area contributed by atoms with Crippen LogP contribution in [0.25, 0.3) is 0 Å². The first-order valence-electron chi connectivity index (χ1n) is 8.37. The number of carbonyl (C=O) groups is 1. The van der Waals surface area contributed by atoms with Gasteiger partial charge in [0.25, 0.3) is 5.91 Å². The van der Waals surface area contributed by atoms with Crippen molar-refractivity contribution in [3.63, 3.8) is 0 Å². The van der Waals surface area contributed by atoms with Gasteiger partial charge in [0, 0.05) is 38.3 Å². The highest BCUT2D eigenvalue weighted by Gasteiger charge is 2.51. The maximum Gasteiger partial charge on any atom is 0.252 e. The molecular weight excluding hydrogens is 302 g/mol. The minimum Gasteiger partial charge on any atom is -0.383 e. The fourth-order valence-corrected chi connectivity index (χ4v) is 3.88. The highest BCUT2D eigenvalue weighted by atomic mass is 16.3. The quantitative estimate of drug-likeness (QED) is 0.921. The van der Waals surface area contributed by atoms with Gasteiger partial charge < -0.3 is 10.0 Å². The number of aliphatic hydroxyl groups excluding tert-OH is 1. The number of carbonyl (C=O) groups excluding carboxylic acids is 1. The van der Waals surface area contributed by atoms with E-state index in [-0.39, 0.29) is 17.9 Å². The predicted octanol–water partition coefficient (Wildman–Crippen LogP) is 1.29. The van der Waals surface area contributed by atoms with Crippen LogP contribution in [0, 0.1) is 5.92 Å². The molecule has 5 nitrogen and oxygen atoms in total. The van der Waals surface area contributed by atoms with Crippen molar-refractivity contribution in [1.82, 2.24) is 14.8 Å². The van der Waals surface area contributed by atoms with Gasteiger partial charge in [0.15, 0.2) is 0 Å². The Morgan fingerprint density at radius 1 is 1.04 bits per heavy atom. The smallest absolute Gasteiger partial charge is 0.252 e. The normalized spacial score (nSPS) is 26.8. The molecule has 1 aromatic heterocycles. The van der Waals surface area contributed by atoms with Crippen LogP contribution in [-0.4, -0.2) is 51.0 Å². The van der Waals surface area contributed by atoms with Crippen LogP contribution in [-0.2, 0) is 17.9 Å². The summed E-state index contributed by atoms with van der Waals surface area (Å²) in [4.78, 5) is 20.9. The van der Waals surface area contributed by atoms with E-state index in [1.807, 2.05) is 53.4 Å². The number of benzene rings is 1. The van der Waals surface area contributed by atoms with Crippen molar-refractivity contribution in [1.29, 1.82) is 0 Å². The zero-order chi connectivity index (χ0) is 16.5. The maximum atomic E-state index is 12.4. The average molecular weight is 323 g/mol. The van der Waals surface area contributed by atoms with Gasteiger partial charge in [-0.2, -0.15) is 0 Å². The molecule has 0 radical (unpaired) electrons. The molecule has 124 valence electrons. The minimum absolute atomic E-state index is 0.00933. The van der Waals surface area contributed by atoms with Crippen molar-refractivity contribution in [3.05, 3.63) is 66.0 Å². The summed E-state index contributed by atoms with van der Waals surface area (Å²) in [6, 6.07) is 16.0. The van der Waals surface area contributed by atoms with Gasteiger partial charge in [-0.1, -0.05) is 36.4 Å². The molecule has 1 aromatic carbocycles. The van der Waals surface area contributed by atoms with Gasteiger partial charge in [-0.25, -0.2) is 0 Å². The van der Waals surface area contributed by atoms with Gasteiger partial charge in [-0.3, -0.25) is 14.7 Å². The summed E-state index contributed by atoms with van der Waals surface area (Å²) in [6.07, 6.45) is 0.916. The molecule has 0 aliphatic carbocycles. The third kappa shape index (κ3) is 2.81. The largest absolute Gasteiger partial charge is 0.383 e. The molecule has 5 heteroatoms. The number of likely N-dealkylation sites (tertiary alicyclic amines) is 2.